The molecule has 4 aromatic rings. The molecule has 1 aliphatic rings. The molecule has 7 nitrogen and oxygen atoms in total. The van der Waals surface area contributed by atoms with Gasteiger partial charge in [-0.05, 0) is 38.0 Å². The lowest BCUT2D eigenvalue weighted by atomic mass is 10.1. The molecule has 0 unspecified atom stereocenters. The Morgan fingerprint density at radius 1 is 1.19 bits per heavy atom. The minimum Gasteiger partial charge on any atom is -0.381 e. The molecular weight excluding hydrogens is 328 g/mol. The molecule has 0 spiro atoms. The van der Waals surface area contributed by atoms with Crippen LogP contribution in [0.5, 0.6) is 0 Å². The molecule has 1 aliphatic heterocycles. The van der Waals surface area contributed by atoms with Crippen molar-refractivity contribution in [3.63, 3.8) is 0 Å². The van der Waals surface area contributed by atoms with Crippen LogP contribution in [0.2, 0.25) is 0 Å². The number of hydrogen-bond acceptors (Lipinski definition) is 5. The Labute approximate surface area is 150 Å². The lowest BCUT2D eigenvalue weighted by Crippen LogP contribution is -2.28. The van der Waals surface area contributed by atoms with Gasteiger partial charge >= 0.3 is 0 Å². The Hall–Kier alpha value is -2.93. The lowest BCUT2D eigenvalue weighted by Gasteiger charge is -2.23. The van der Waals surface area contributed by atoms with Gasteiger partial charge in [-0.25, -0.2) is 9.50 Å². The minimum absolute atomic E-state index is 0.407. The van der Waals surface area contributed by atoms with E-state index in [0.717, 1.165) is 65.4 Å². The zero-order valence-electron chi connectivity index (χ0n) is 14.6. The smallest absolute Gasteiger partial charge is 0.154 e. The van der Waals surface area contributed by atoms with Gasteiger partial charge in [-0.1, -0.05) is 12.1 Å². The summed E-state index contributed by atoms with van der Waals surface area (Å²) in [6.07, 6.45) is 3.88. The van der Waals surface area contributed by atoms with Crippen molar-refractivity contribution in [2.75, 3.05) is 18.5 Å². The number of imidazole rings is 1. The minimum atomic E-state index is 0.407. The monoisotopic (exact) mass is 348 g/mol. The number of H-pyrrole nitrogens is 1. The van der Waals surface area contributed by atoms with Gasteiger partial charge in [0.15, 0.2) is 5.65 Å². The fourth-order valence-electron chi connectivity index (χ4n) is 3.51. The highest BCUT2D eigenvalue weighted by Crippen LogP contribution is 2.25. The van der Waals surface area contributed by atoms with E-state index in [9.17, 15) is 0 Å². The lowest BCUT2D eigenvalue weighted by molar-refractivity contribution is 0.0903. The Balaban J connectivity index is 1.53. The molecule has 1 saturated heterocycles. The van der Waals surface area contributed by atoms with E-state index in [0.29, 0.717) is 6.04 Å². The number of aryl methyl sites for hydroxylation is 1. The van der Waals surface area contributed by atoms with Crippen LogP contribution in [0.4, 0.5) is 5.82 Å². The number of nitrogens with zero attached hydrogens (tertiary/aromatic N) is 4. The third-order valence-corrected chi connectivity index (χ3v) is 4.98. The molecule has 1 aromatic carbocycles. The quantitative estimate of drug-likeness (QED) is 0.594. The molecule has 2 N–H and O–H groups in total. The zero-order valence-corrected chi connectivity index (χ0v) is 14.6. The van der Waals surface area contributed by atoms with E-state index in [4.69, 9.17) is 9.84 Å². The van der Waals surface area contributed by atoms with Gasteiger partial charge in [0, 0.05) is 30.2 Å². The average Bonchev–Trinajstić information content (AvgIpc) is 3.26. The topological polar surface area (TPSA) is 80.1 Å². The number of benzene rings is 1. The van der Waals surface area contributed by atoms with Crippen LogP contribution in [-0.4, -0.2) is 44.1 Å². The summed E-state index contributed by atoms with van der Waals surface area (Å²) < 4.78 is 7.32. The van der Waals surface area contributed by atoms with Crippen LogP contribution in [-0.2, 0) is 4.74 Å². The van der Waals surface area contributed by atoms with Crippen molar-refractivity contribution in [2.45, 2.75) is 25.8 Å². The van der Waals surface area contributed by atoms with Crippen LogP contribution in [0.15, 0.2) is 36.5 Å². The second kappa shape index (κ2) is 6.10. The van der Waals surface area contributed by atoms with Gasteiger partial charge in [-0.3, -0.25) is 5.10 Å². The Morgan fingerprint density at radius 2 is 2.08 bits per heavy atom. The molecule has 1 fully saturated rings. The Bertz CT molecular complexity index is 1080. The van der Waals surface area contributed by atoms with Crippen LogP contribution in [0.1, 0.15) is 18.5 Å². The van der Waals surface area contributed by atoms with E-state index in [-0.39, 0.29) is 0 Å². The maximum atomic E-state index is 5.43. The van der Waals surface area contributed by atoms with E-state index in [1.54, 1.807) is 0 Å². The van der Waals surface area contributed by atoms with Crippen LogP contribution in [0.25, 0.3) is 27.8 Å². The number of hydrogen-bond donors (Lipinski definition) is 2. The number of ether oxygens (including phenoxy) is 1. The molecular formula is C19H20N6O. The summed E-state index contributed by atoms with van der Waals surface area (Å²) in [7, 11) is 0. The van der Waals surface area contributed by atoms with Crippen molar-refractivity contribution < 1.29 is 4.74 Å². The number of anilines is 1. The van der Waals surface area contributed by atoms with Crippen molar-refractivity contribution in [2.24, 2.45) is 0 Å². The second-order valence-corrected chi connectivity index (χ2v) is 6.73. The molecule has 0 radical (unpaired) electrons. The number of aromatic amines is 1. The zero-order chi connectivity index (χ0) is 17.5. The molecule has 0 atom stereocenters. The van der Waals surface area contributed by atoms with Gasteiger partial charge in [-0.2, -0.15) is 5.10 Å². The van der Waals surface area contributed by atoms with Crippen LogP contribution in [0.3, 0.4) is 0 Å². The summed E-state index contributed by atoms with van der Waals surface area (Å²) in [4.78, 5) is 4.50. The highest BCUT2D eigenvalue weighted by atomic mass is 16.5. The predicted molar refractivity (Wildman–Crippen MR) is 100 cm³/mol. The van der Waals surface area contributed by atoms with Gasteiger partial charge in [0.1, 0.15) is 5.82 Å². The number of nitrogens with one attached hydrogen (secondary N) is 2. The van der Waals surface area contributed by atoms with E-state index in [1.165, 1.54) is 0 Å². The molecule has 5 rings (SSSR count). The summed E-state index contributed by atoms with van der Waals surface area (Å²) in [6.45, 7) is 3.61. The largest absolute Gasteiger partial charge is 0.381 e. The van der Waals surface area contributed by atoms with Gasteiger partial charge in [0.25, 0.3) is 0 Å². The van der Waals surface area contributed by atoms with Crippen molar-refractivity contribution >= 4 is 22.4 Å². The standard InChI is InChI=1S/C19H20N6O/c1-12-15-3-2-13(10-16(15)23-22-12)17-11-20-19-5-4-18(24-25(17)19)21-14-6-8-26-9-7-14/h2-5,10-11,14H,6-9H2,1H3,(H,21,24)(H,22,23). The third kappa shape index (κ3) is 2.61. The predicted octanol–water partition coefficient (Wildman–Crippen LogP) is 3.17. The maximum Gasteiger partial charge on any atom is 0.154 e. The first-order valence-corrected chi connectivity index (χ1v) is 8.92. The summed E-state index contributed by atoms with van der Waals surface area (Å²) in [5, 5.41) is 16.8. The summed E-state index contributed by atoms with van der Waals surface area (Å²) in [5.74, 6) is 0.863. The molecule has 3 aromatic heterocycles. The average molecular weight is 348 g/mol. The number of rotatable bonds is 3. The van der Waals surface area contributed by atoms with Crippen molar-refractivity contribution in [3.8, 4) is 11.3 Å². The molecule has 0 amide bonds. The van der Waals surface area contributed by atoms with Gasteiger partial charge in [0.2, 0.25) is 0 Å². The summed E-state index contributed by atoms with van der Waals surface area (Å²) in [6, 6.07) is 10.7. The van der Waals surface area contributed by atoms with Crippen molar-refractivity contribution in [1.82, 2.24) is 24.8 Å². The molecule has 132 valence electrons. The fraction of sp³-hybridized carbons (Fsp3) is 0.316. The molecule has 0 saturated carbocycles. The van der Waals surface area contributed by atoms with Crippen LogP contribution < -0.4 is 5.32 Å². The molecule has 7 heteroatoms. The highest BCUT2D eigenvalue weighted by molar-refractivity contribution is 5.85. The van der Waals surface area contributed by atoms with Gasteiger partial charge < -0.3 is 10.1 Å². The van der Waals surface area contributed by atoms with Crippen LogP contribution in [0, 0.1) is 6.92 Å². The highest BCUT2D eigenvalue weighted by Gasteiger charge is 2.15. The Kier molecular flexibility index (Phi) is 3.60. The molecule has 0 aliphatic carbocycles. The normalized spacial score (nSPS) is 15.7. The van der Waals surface area contributed by atoms with E-state index >= 15 is 0 Å². The van der Waals surface area contributed by atoms with E-state index in [1.807, 2.05) is 29.8 Å². The first-order valence-electron chi connectivity index (χ1n) is 8.92. The van der Waals surface area contributed by atoms with Crippen molar-refractivity contribution in [3.05, 3.63) is 42.2 Å². The second-order valence-electron chi connectivity index (χ2n) is 6.73. The van der Waals surface area contributed by atoms with Crippen LogP contribution >= 0.6 is 0 Å². The summed E-state index contributed by atoms with van der Waals surface area (Å²) >= 11 is 0. The third-order valence-electron chi connectivity index (χ3n) is 4.98. The number of aromatic nitrogens is 5. The SMILES string of the molecule is Cc1n[nH]c2cc(-c3cnc4ccc(NC5CCOCC5)nn34)ccc12. The first kappa shape index (κ1) is 15.3. The van der Waals surface area contributed by atoms with E-state index in [2.05, 4.69) is 38.7 Å². The summed E-state index contributed by atoms with van der Waals surface area (Å²) in [5.41, 5.74) is 4.88. The molecule has 4 heterocycles. The molecule has 26 heavy (non-hydrogen) atoms. The van der Waals surface area contributed by atoms with Crippen molar-refractivity contribution in [1.29, 1.82) is 0 Å². The fourth-order valence-corrected chi connectivity index (χ4v) is 3.51. The first-order chi connectivity index (χ1) is 12.8. The van der Waals surface area contributed by atoms with Gasteiger partial charge in [-0.15, -0.1) is 5.10 Å². The Morgan fingerprint density at radius 3 is 2.96 bits per heavy atom. The molecule has 0 bridgehead atoms. The maximum absolute atomic E-state index is 5.43. The van der Waals surface area contributed by atoms with E-state index < -0.39 is 0 Å². The van der Waals surface area contributed by atoms with Gasteiger partial charge in [0.05, 0.1) is 23.1 Å². The number of fused-ring (bicyclic) bond motifs is 2.